The Balaban J connectivity index is 1.40. The smallest absolute Gasteiger partial charge is 0.183 e. The molecule has 3 heterocycles. The van der Waals surface area contributed by atoms with Crippen molar-refractivity contribution in [3.05, 3.63) is 114 Å². The highest BCUT2D eigenvalue weighted by atomic mass is 16.5. The van der Waals surface area contributed by atoms with Crippen molar-refractivity contribution in [1.29, 1.82) is 0 Å². The summed E-state index contributed by atoms with van der Waals surface area (Å²) in [6.45, 7) is 4.55. The molecule has 234 valence electrons. The Morgan fingerprint density at radius 3 is 1.50 bits per heavy atom. The van der Waals surface area contributed by atoms with E-state index in [-0.39, 0.29) is 11.5 Å². The normalized spacial score (nSPS) is 11.7. The Morgan fingerprint density at radius 2 is 1.11 bits per heavy atom. The minimum Gasteiger partial charge on any atom is -0.503 e. The van der Waals surface area contributed by atoms with Crippen LogP contribution in [0.1, 0.15) is 36.4 Å². The number of aromatic nitrogens is 3. The van der Waals surface area contributed by atoms with Gasteiger partial charge in [0.1, 0.15) is 23.0 Å². The summed E-state index contributed by atoms with van der Waals surface area (Å²) in [7, 11) is 3.00. The Hall–Kier alpha value is -5.97. The molecule has 0 aliphatic heterocycles. The van der Waals surface area contributed by atoms with E-state index in [0.717, 1.165) is 22.8 Å². The standard InChI is InChI=1S/C35H35N7O4/c1-22(40-28-16-24(18-30(45-3)34(28)43)20-38-32-12-5-7-14-36-32)26-10-9-11-27(42-26)23(2)41-29-17-25(19-31(46-4)35(29)44)21-39-33-13-6-8-15-37-33/h5-19,43-44H,20-21H2,1-4H3,(H,36,38)(H,37,39). The number of phenols is 2. The van der Waals surface area contributed by atoms with Gasteiger partial charge in [-0.2, -0.15) is 0 Å². The fraction of sp³-hybridized carbons (Fsp3) is 0.171. The van der Waals surface area contributed by atoms with Crippen molar-refractivity contribution in [3.8, 4) is 23.0 Å². The van der Waals surface area contributed by atoms with Gasteiger partial charge < -0.3 is 30.3 Å². The Morgan fingerprint density at radius 1 is 0.652 bits per heavy atom. The first-order valence-corrected chi connectivity index (χ1v) is 14.5. The van der Waals surface area contributed by atoms with E-state index in [1.54, 1.807) is 36.7 Å². The van der Waals surface area contributed by atoms with E-state index in [9.17, 15) is 10.2 Å². The largest absolute Gasteiger partial charge is 0.503 e. The number of pyridine rings is 3. The molecule has 5 rings (SSSR count). The van der Waals surface area contributed by atoms with Gasteiger partial charge in [-0.25, -0.2) is 24.9 Å². The predicted molar refractivity (Wildman–Crippen MR) is 180 cm³/mol. The summed E-state index contributed by atoms with van der Waals surface area (Å²) in [5.74, 6) is 1.94. The van der Waals surface area contributed by atoms with E-state index >= 15 is 0 Å². The number of hydrogen-bond acceptors (Lipinski definition) is 11. The monoisotopic (exact) mass is 617 g/mol. The van der Waals surface area contributed by atoms with Crippen LogP contribution in [0.15, 0.2) is 101 Å². The molecule has 0 aliphatic rings. The zero-order valence-electron chi connectivity index (χ0n) is 26.0. The zero-order valence-corrected chi connectivity index (χ0v) is 26.0. The molecular weight excluding hydrogens is 582 g/mol. The highest BCUT2D eigenvalue weighted by molar-refractivity contribution is 6.02. The lowest BCUT2D eigenvalue weighted by atomic mass is 10.1. The molecule has 0 saturated heterocycles. The van der Waals surface area contributed by atoms with Crippen LogP contribution in [-0.2, 0) is 13.1 Å². The molecule has 0 amide bonds. The molecule has 2 aromatic carbocycles. The summed E-state index contributed by atoms with van der Waals surface area (Å²) < 4.78 is 10.8. The molecule has 11 heteroatoms. The first kappa shape index (κ1) is 31.5. The Kier molecular flexibility index (Phi) is 10.0. The van der Waals surface area contributed by atoms with Gasteiger partial charge in [0, 0.05) is 25.5 Å². The number of aliphatic imine (C=N–C) groups is 2. The van der Waals surface area contributed by atoms with Crippen molar-refractivity contribution in [2.24, 2.45) is 9.98 Å². The second-order valence-corrected chi connectivity index (χ2v) is 10.3. The molecule has 5 aromatic rings. The van der Waals surface area contributed by atoms with Gasteiger partial charge in [-0.3, -0.25) is 0 Å². The van der Waals surface area contributed by atoms with E-state index in [2.05, 4.69) is 20.6 Å². The number of nitrogens with zero attached hydrogens (tertiary/aromatic N) is 5. The van der Waals surface area contributed by atoms with Crippen LogP contribution in [0.25, 0.3) is 0 Å². The van der Waals surface area contributed by atoms with Crippen molar-refractivity contribution in [2.75, 3.05) is 24.9 Å². The third-order valence-electron chi connectivity index (χ3n) is 7.01. The van der Waals surface area contributed by atoms with Crippen LogP contribution >= 0.6 is 0 Å². The molecule has 0 atom stereocenters. The molecule has 3 aromatic heterocycles. The third kappa shape index (κ3) is 7.75. The molecule has 0 spiro atoms. The predicted octanol–water partition coefficient (Wildman–Crippen LogP) is 6.81. The van der Waals surface area contributed by atoms with E-state index in [0.29, 0.717) is 58.8 Å². The molecule has 0 radical (unpaired) electrons. The average molecular weight is 618 g/mol. The second kappa shape index (κ2) is 14.7. The Bertz CT molecular complexity index is 1730. The number of aromatic hydroxyl groups is 2. The van der Waals surface area contributed by atoms with Gasteiger partial charge in [-0.05, 0) is 85.6 Å². The zero-order chi connectivity index (χ0) is 32.5. The summed E-state index contributed by atoms with van der Waals surface area (Å²) >= 11 is 0. The summed E-state index contributed by atoms with van der Waals surface area (Å²) in [5, 5.41) is 28.2. The number of rotatable bonds is 12. The minimum atomic E-state index is -0.0702. The van der Waals surface area contributed by atoms with Gasteiger partial charge in [0.25, 0.3) is 0 Å². The lowest BCUT2D eigenvalue weighted by Gasteiger charge is -2.12. The molecule has 0 unspecified atom stereocenters. The third-order valence-corrected chi connectivity index (χ3v) is 7.01. The van der Waals surface area contributed by atoms with Crippen LogP contribution < -0.4 is 20.1 Å². The van der Waals surface area contributed by atoms with E-state index in [1.807, 2.05) is 68.4 Å². The maximum Gasteiger partial charge on any atom is 0.183 e. The fourth-order valence-electron chi connectivity index (χ4n) is 4.62. The molecule has 46 heavy (non-hydrogen) atoms. The SMILES string of the molecule is COc1cc(CNc2ccccn2)cc(N=C(C)c2cccc(C(C)=Nc3cc(CNc4ccccn4)cc(OC)c3O)n2)c1O. The summed E-state index contributed by atoms with van der Waals surface area (Å²) in [6.07, 6.45) is 3.43. The molecule has 11 nitrogen and oxygen atoms in total. The summed E-state index contributed by atoms with van der Waals surface area (Å²) in [4.78, 5) is 22.8. The molecule has 0 bridgehead atoms. The number of nitrogens with one attached hydrogen (secondary N) is 2. The quantitative estimate of drug-likeness (QED) is 0.111. The maximum atomic E-state index is 10.8. The highest BCUT2D eigenvalue weighted by Gasteiger charge is 2.14. The van der Waals surface area contributed by atoms with E-state index in [4.69, 9.17) is 24.4 Å². The first-order valence-electron chi connectivity index (χ1n) is 14.5. The van der Waals surface area contributed by atoms with Crippen LogP contribution in [0.5, 0.6) is 23.0 Å². The highest BCUT2D eigenvalue weighted by Crippen LogP contribution is 2.39. The number of anilines is 2. The maximum absolute atomic E-state index is 10.8. The fourth-order valence-corrected chi connectivity index (χ4v) is 4.62. The number of methoxy groups -OCH3 is 2. The molecule has 4 N–H and O–H groups in total. The van der Waals surface area contributed by atoms with E-state index in [1.165, 1.54) is 14.2 Å². The van der Waals surface area contributed by atoms with Gasteiger partial charge in [0.15, 0.2) is 23.0 Å². The van der Waals surface area contributed by atoms with Gasteiger partial charge in [-0.1, -0.05) is 18.2 Å². The lowest BCUT2D eigenvalue weighted by molar-refractivity contribution is 0.374. The number of phenolic OH excluding ortho intramolecular Hbond substituents is 2. The van der Waals surface area contributed by atoms with Crippen molar-refractivity contribution in [1.82, 2.24) is 15.0 Å². The summed E-state index contributed by atoms with van der Waals surface area (Å²) in [6, 6.07) is 23.9. The van der Waals surface area contributed by atoms with Gasteiger partial charge in [-0.15, -0.1) is 0 Å². The average Bonchev–Trinajstić information content (AvgIpc) is 3.09. The number of benzene rings is 2. The van der Waals surface area contributed by atoms with Crippen LogP contribution in [-0.4, -0.2) is 50.8 Å². The van der Waals surface area contributed by atoms with Crippen molar-refractivity contribution >= 4 is 34.4 Å². The van der Waals surface area contributed by atoms with Crippen molar-refractivity contribution in [3.63, 3.8) is 0 Å². The molecular formula is C35H35N7O4. The molecule has 0 aliphatic carbocycles. The Labute approximate surface area is 267 Å². The minimum absolute atomic E-state index is 0.0702. The summed E-state index contributed by atoms with van der Waals surface area (Å²) in [5.41, 5.74) is 4.74. The van der Waals surface area contributed by atoms with Crippen molar-refractivity contribution in [2.45, 2.75) is 26.9 Å². The second-order valence-electron chi connectivity index (χ2n) is 10.3. The van der Waals surface area contributed by atoms with Gasteiger partial charge in [0.2, 0.25) is 0 Å². The van der Waals surface area contributed by atoms with Crippen LogP contribution in [0.3, 0.4) is 0 Å². The number of ether oxygens (including phenoxy) is 2. The first-order chi connectivity index (χ1) is 22.3. The van der Waals surface area contributed by atoms with Crippen LogP contribution in [0, 0.1) is 0 Å². The molecule has 0 fully saturated rings. The van der Waals surface area contributed by atoms with Crippen LogP contribution in [0.2, 0.25) is 0 Å². The van der Waals surface area contributed by atoms with E-state index < -0.39 is 0 Å². The van der Waals surface area contributed by atoms with Gasteiger partial charge in [0.05, 0.1) is 37.0 Å². The lowest BCUT2D eigenvalue weighted by Crippen LogP contribution is -2.05. The molecule has 0 saturated carbocycles. The topological polar surface area (TPSA) is 146 Å². The van der Waals surface area contributed by atoms with Crippen LogP contribution in [0.4, 0.5) is 23.0 Å². The number of hydrogen-bond donors (Lipinski definition) is 4. The van der Waals surface area contributed by atoms with Crippen molar-refractivity contribution < 1.29 is 19.7 Å². The van der Waals surface area contributed by atoms with Gasteiger partial charge >= 0.3 is 0 Å².